The third-order valence-corrected chi connectivity index (χ3v) is 6.33. The van der Waals surface area contributed by atoms with Crippen LogP contribution in [0.4, 0.5) is 13.2 Å². The summed E-state index contributed by atoms with van der Waals surface area (Å²) in [5, 5.41) is 32.1. The van der Waals surface area contributed by atoms with Crippen molar-refractivity contribution in [3.63, 3.8) is 0 Å². The van der Waals surface area contributed by atoms with Gasteiger partial charge in [-0.25, -0.2) is 0 Å². The fourth-order valence-corrected chi connectivity index (χ4v) is 4.60. The van der Waals surface area contributed by atoms with Crippen molar-refractivity contribution in [1.29, 1.82) is 0 Å². The monoisotopic (exact) mass is 646 g/mol. The van der Waals surface area contributed by atoms with Gasteiger partial charge in [-0.3, -0.25) is 9.59 Å². The minimum Gasteiger partial charge on any atom is -0.493 e. The molecule has 37 heavy (non-hydrogen) atoms. The van der Waals surface area contributed by atoms with Gasteiger partial charge in [0, 0.05) is 25.6 Å². The normalized spacial score (nSPS) is 19.7. The molecule has 0 saturated carbocycles. The Morgan fingerprint density at radius 2 is 1.95 bits per heavy atom. The summed E-state index contributed by atoms with van der Waals surface area (Å²) >= 11 is 1.91. The third kappa shape index (κ3) is 8.70. The number of ether oxygens (including phenoxy) is 3. The molecule has 0 heterocycles. The van der Waals surface area contributed by atoms with E-state index in [1.54, 1.807) is 6.07 Å². The number of rotatable bonds is 12. The van der Waals surface area contributed by atoms with E-state index in [0.29, 0.717) is 14.0 Å². The van der Waals surface area contributed by atoms with Gasteiger partial charge in [-0.15, -0.1) is 0 Å². The molecule has 10 nitrogen and oxygen atoms in total. The number of nitrogens with zero attached hydrogens (tertiary/aromatic N) is 1. The molecule has 0 bridgehead atoms. The quantitative estimate of drug-likeness (QED) is 0.248. The molecule has 4 N–H and O–H groups in total. The molecule has 1 aromatic carbocycles. The zero-order chi connectivity index (χ0) is 27.8. The van der Waals surface area contributed by atoms with Crippen LogP contribution >= 0.6 is 22.6 Å². The molecule has 3 atom stereocenters. The molecule has 208 valence electrons. The van der Waals surface area contributed by atoms with Gasteiger partial charge in [0.2, 0.25) is 11.8 Å². The van der Waals surface area contributed by atoms with Gasteiger partial charge in [0.1, 0.15) is 18.8 Å². The first-order valence-electron chi connectivity index (χ1n) is 11.2. The summed E-state index contributed by atoms with van der Waals surface area (Å²) in [4.78, 5) is 26.0. The number of aliphatic hydroxyl groups excluding tert-OH is 3. The van der Waals surface area contributed by atoms with E-state index in [1.807, 2.05) is 22.6 Å². The minimum atomic E-state index is -4.78. The molecule has 0 radical (unpaired) electrons. The molecule has 1 aliphatic rings. The number of alkyl halides is 3. The second-order valence-corrected chi connectivity index (χ2v) is 9.32. The molecule has 0 fully saturated rings. The summed E-state index contributed by atoms with van der Waals surface area (Å²) in [5.74, 6) is -1.29. The summed E-state index contributed by atoms with van der Waals surface area (Å²) in [5.41, 5.74) is 0.483. The SMILES string of the molecule is COCCC(=O)N(CC(F)(F)F)C1CC(C(=O)NCCO)=CC(Oc2c(I)cc(CO)cc2OC)C1O. The fourth-order valence-electron chi connectivity index (χ4n) is 3.81. The molecule has 1 aromatic rings. The zero-order valence-electron chi connectivity index (χ0n) is 20.3. The molecule has 2 amide bonds. The van der Waals surface area contributed by atoms with Crippen molar-refractivity contribution in [2.24, 2.45) is 0 Å². The maximum atomic E-state index is 13.5. The lowest BCUT2D eigenvalue weighted by atomic mass is 9.88. The molecule has 2 rings (SSSR count). The summed E-state index contributed by atoms with van der Waals surface area (Å²) < 4.78 is 57.0. The highest BCUT2D eigenvalue weighted by Gasteiger charge is 2.44. The van der Waals surface area contributed by atoms with Crippen molar-refractivity contribution >= 4 is 34.4 Å². The van der Waals surface area contributed by atoms with Crippen molar-refractivity contribution in [2.75, 3.05) is 40.5 Å². The molecule has 14 heteroatoms. The van der Waals surface area contributed by atoms with E-state index in [0.717, 1.165) is 0 Å². The Morgan fingerprint density at radius 1 is 1.24 bits per heavy atom. The molecule has 0 aliphatic heterocycles. The Bertz CT molecular complexity index is 976. The molecular weight excluding hydrogens is 616 g/mol. The highest BCUT2D eigenvalue weighted by atomic mass is 127. The van der Waals surface area contributed by atoms with E-state index in [1.165, 1.54) is 26.4 Å². The van der Waals surface area contributed by atoms with Crippen LogP contribution in [0.25, 0.3) is 0 Å². The number of methoxy groups -OCH3 is 2. The van der Waals surface area contributed by atoms with Gasteiger partial charge in [-0.05, 0) is 46.4 Å². The Balaban J connectivity index is 2.52. The van der Waals surface area contributed by atoms with E-state index in [-0.39, 0.29) is 56.3 Å². The summed E-state index contributed by atoms with van der Waals surface area (Å²) in [7, 11) is 2.65. The molecule has 0 aromatic heterocycles. The van der Waals surface area contributed by atoms with Crippen LogP contribution in [-0.4, -0.2) is 97.0 Å². The number of aliphatic hydroxyl groups is 3. The Labute approximate surface area is 225 Å². The van der Waals surface area contributed by atoms with Crippen LogP contribution in [0.3, 0.4) is 0 Å². The van der Waals surface area contributed by atoms with Crippen molar-refractivity contribution in [2.45, 2.75) is 43.9 Å². The van der Waals surface area contributed by atoms with Gasteiger partial charge in [0.15, 0.2) is 11.5 Å². The van der Waals surface area contributed by atoms with Crippen molar-refractivity contribution in [3.8, 4) is 11.5 Å². The summed E-state index contributed by atoms with van der Waals surface area (Å²) in [6.07, 6.45) is -7.26. The number of hydrogen-bond acceptors (Lipinski definition) is 8. The van der Waals surface area contributed by atoms with Crippen molar-refractivity contribution < 1.29 is 52.3 Å². The predicted octanol–water partition coefficient (Wildman–Crippen LogP) is 1.13. The lowest BCUT2D eigenvalue weighted by molar-refractivity contribution is -0.173. The zero-order valence-corrected chi connectivity index (χ0v) is 22.4. The third-order valence-electron chi connectivity index (χ3n) is 5.53. The lowest BCUT2D eigenvalue weighted by Gasteiger charge is -2.41. The first-order chi connectivity index (χ1) is 17.4. The number of carbonyl (C=O) groups is 2. The fraction of sp³-hybridized carbons (Fsp3) is 0.565. The van der Waals surface area contributed by atoms with Crippen LogP contribution in [-0.2, 0) is 20.9 Å². The van der Waals surface area contributed by atoms with E-state index < -0.39 is 42.8 Å². The topological polar surface area (TPSA) is 138 Å². The second kappa shape index (κ2) is 14.1. The summed E-state index contributed by atoms with van der Waals surface area (Å²) in [6, 6.07) is 1.62. The van der Waals surface area contributed by atoms with Crippen LogP contribution < -0.4 is 14.8 Å². The van der Waals surface area contributed by atoms with Crippen molar-refractivity contribution in [1.82, 2.24) is 10.2 Å². The smallest absolute Gasteiger partial charge is 0.406 e. The highest BCUT2D eigenvalue weighted by Crippen LogP contribution is 2.37. The molecule has 1 aliphatic carbocycles. The molecular formula is C23H30F3IN2O8. The van der Waals surface area contributed by atoms with Crippen LogP contribution in [0, 0.1) is 3.57 Å². The van der Waals surface area contributed by atoms with Crippen LogP contribution in [0.1, 0.15) is 18.4 Å². The number of amides is 2. The average molecular weight is 646 g/mol. The van der Waals surface area contributed by atoms with E-state index in [4.69, 9.17) is 19.3 Å². The maximum Gasteiger partial charge on any atom is 0.406 e. The summed E-state index contributed by atoms with van der Waals surface area (Å²) in [6.45, 7) is -2.55. The maximum absolute atomic E-state index is 13.5. The Hall–Kier alpha value is -2.14. The van der Waals surface area contributed by atoms with Crippen LogP contribution in [0.15, 0.2) is 23.8 Å². The molecule has 0 spiro atoms. The van der Waals surface area contributed by atoms with Gasteiger partial charge < -0.3 is 39.7 Å². The largest absolute Gasteiger partial charge is 0.493 e. The predicted molar refractivity (Wildman–Crippen MR) is 133 cm³/mol. The van der Waals surface area contributed by atoms with Gasteiger partial charge in [-0.2, -0.15) is 13.2 Å². The number of benzene rings is 1. The van der Waals surface area contributed by atoms with E-state index >= 15 is 0 Å². The number of nitrogens with one attached hydrogen (secondary N) is 1. The molecule has 0 saturated heterocycles. The van der Waals surface area contributed by atoms with Crippen LogP contribution in [0.2, 0.25) is 0 Å². The van der Waals surface area contributed by atoms with Gasteiger partial charge in [0.05, 0.1) is 43.0 Å². The van der Waals surface area contributed by atoms with E-state index in [9.17, 15) is 33.0 Å². The minimum absolute atomic E-state index is 0.0265. The lowest BCUT2D eigenvalue weighted by Crippen LogP contribution is -2.57. The average Bonchev–Trinajstić information content (AvgIpc) is 2.85. The molecule has 3 unspecified atom stereocenters. The Kier molecular flexibility index (Phi) is 11.9. The first-order valence-corrected chi connectivity index (χ1v) is 12.3. The van der Waals surface area contributed by atoms with E-state index in [2.05, 4.69) is 5.32 Å². The van der Waals surface area contributed by atoms with Gasteiger partial charge >= 0.3 is 6.18 Å². The number of halogens is 4. The van der Waals surface area contributed by atoms with Crippen molar-refractivity contribution in [3.05, 3.63) is 32.9 Å². The van der Waals surface area contributed by atoms with Crippen LogP contribution in [0.5, 0.6) is 11.5 Å². The van der Waals surface area contributed by atoms with Gasteiger partial charge in [-0.1, -0.05) is 0 Å². The van der Waals surface area contributed by atoms with Gasteiger partial charge in [0.25, 0.3) is 0 Å². The first kappa shape index (κ1) is 31.1. The Morgan fingerprint density at radius 3 is 2.51 bits per heavy atom. The highest BCUT2D eigenvalue weighted by molar-refractivity contribution is 14.1. The number of carbonyl (C=O) groups excluding carboxylic acids is 2. The second-order valence-electron chi connectivity index (χ2n) is 8.16. The standard InChI is InChI=1S/C23H30F3IN2O8/c1-35-6-3-19(32)29(12-23(24,25)26)16-9-14(22(34)28-4-5-30)10-17(20(16)33)37-21-15(27)7-13(11-31)8-18(21)36-2/h7-8,10,16-17,20,30-31,33H,3-6,9,11-12H2,1-2H3,(H,28,34). The number of hydrogen-bond donors (Lipinski definition) is 4.